The molecule has 0 aliphatic rings. The molecule has 0 fully saturated rings. The van der Waals surface area contributed by atoms with E-state index in [1.165, 1.54) is 0 Å². The Balaban J connectivity index is 0.00000261. The smallest absolute Gasteiger partial charge is 0.477 e. The van der Waals surface area contributed by atoms with Crippen LogP contribution in [0.25, 0.3) is 10.2 Å². The van der Waals surface area contributed by atoms with E-state index >= 15 is 0 Å². The second-order valence-corrected chi connectivity index (χ2v) is 7.43. The molecule has 134 valence electrons. The monoisotopic (exact) mass is 428 g/mol. The molecule has 0 saturated carbocycles. The Labute approximate surface area is 205 Å². The van der Waals surface area contributed by atoms with E-state index in [0.29, 0.717) is 16.9 Å². The van der Waals surface area contributed by atoms with E-state index in [1.807, 2.05) is 30.3 Å². The average Bonchev–Trinajstić information content (AvgIpc) is 2.96. The number of hydrogen-bond acceptors (Lipinski definition) is 6. The van der Waals surface area contributed by atoms with E-state index in [-0.39, 0.29) is 78.5 Å². The second-order valence-electron chi connectivity index (χ2n) is 5.46. The number of nitrogens with zero attached hydrogens (tertiary/aromatic N) is 1. The third-order valence-electron chi connectivity index (χ3n) is 3.65. The number of aryl methyl sites for hydroxylation is 1. The summed E-state index contributed by atoms with van der Waals surface area (Å²) in [6.45, 7) is 2.01. The van der Waals surface area contributed by atoms with Crippen LogP contribution < -0.4 is 62.3 Å². The van der Waals surface area contributed by atoms with Crippen LogP contribution in [0.4, 0.5) is 0 Å². The first-order chi connectivity index (χ1) is 12.5. The molecule has 1 aromatic carbocycles. The van der Waals surface area contributed by atoms with Crippen molar-refractivity contribution in [2.24, 2.45) is 0 Å². The maximum absolute atomic E-state index is 12.2. The number of thioether (sulfide) groups is 1. The van der Waals surface area contributed by atoms with E-state index < -0.39 is 11.5 Å². The molecule has 0 bridgehead atoms. The molecule has 3 N–H and O–H groups in total. The topological polar surface area (TPSA) is 112 Å². The molecule has 7 nitrogen and oxygen atoms in total. The molecule has 2 heterocycles. The third-order valence-corrected chi connectivity index (χ3v) is 5.69. The van der Waals surface area contributed by atoms with Crippen LogP contribution in [0.5, 0.6) is 0 Å². The van der Waals surface area contributed by atoms with Crippen molar-refractivity contribution >= 4 is 45.2 Å². The molecule has 0 aliphatic heterocycles. The molecular formula is C17H15KN3O4S2+. The van der Waals surface area contributed by atoms with Gasteiger partial charge >= 0.3 is 57.4 Å². The zero-order valence-electron chi connectivity index (χ0n) is 14.7. The summed E-state index contributed by atoms with van der Waals surface area (Å²) in [7, 11) is 0. The molecule has 3 aromatic rings. The number of aromatic nitrogens is 2. The molecule has 0 radical (unpaired) electrons. The molecule has 0 atom stereocenters. The maximum Gasteiger partial charge on any atom is 1.00 e. The van der Waals surface area contributed by atoms with Crippen LogP contribution in [-0.2, 0) is 11.3 Å². The van der Waals surface area contributed by atoms with Gasteiger partial charge in [0.2, 0.25) is 5.91 Å². The van der Waals surface area contributed by atoms with Gasteiger partial charge in [-0.15, -0.1) is 11.3 Å². The molecule has 3 rings (SSSR count). The number of amides is 1. The first kappa shape index (κ1) is 22.3. The number of carboxylic acid groups (broad SMARTS) is 1. The van der Waals surface area contributed by atoms with Crippen LogP contribution in [0, 0.1) is 6.92 Å². The van der Waals surface area contributed by atoms with Gasteiger partial charge in [0.25, 0.3) is 5.56 Å². The van der Waals surface area contributed by atoms with Crippen molar-refractivity contribution in [3.8, 4) is 0 Å². The van der Waals surface area contributed by atoms with Gasteiger partial charge in [-0.3, -0.25) is 9.59 Å². The minimum Gasteiger partial charge on any atom is -0.477 e. The quantitative estimate of drug-likeness (QED) is 0.275. The largest absolute Gasteiger partial charge is 1.00 e. The summed E-state index contributed by atoms with van der Waals surface area (Å²) in [4.78, 5) is 42.7. The first-order valence-electron chi connectivity index (χ1n) is 7.66. The van der Waals surface area contributed by atoms with Crippen molar-refractivity contribution in [3.63, 3.8) is 0 Å². The van der Waals surface area contributed by atoms with Crippen molar-refractivity contribution < 1.29 is 66.1 Å². The first-order valence-corrected chi connectivity index (χ1v) is 9.46. The number of nitrogens with one attached hydrogen (secondary N) is 2. The van der Waals surface area contributed by atoms with Gasteiger partial charge in [0.1, 0.15) is 9.71 Å². The maximum atomic E-state index is 12.2. The van der Waals surface area contributed by atoms with Gasteiger partial charge in [-0.25, -0.2) is 9.78 Å². The normalized spacial score (nSPS) is 10.4. The zero-order chi connectivity index (χ0) is 18.7. The predicted octanol–water partition coefficient (Wildman–Crippen LogP) is -0.596. The molecule has 10 heteroatoms. The number of H-pyrrole nitrogens is 1. The number of benzene rings is 1. The van der Waals surface area contributed by atoms with E-state index in [2.05, 4.69) is 15.3 Å². The van der Waals surface area contributed by atoms with Gasteiger partial charge in [0, 0.05) is 6.54 Å². The minimum atomic E-state index is -1.08. The number of fused-ring (bicyclic) bond motifs is 1. The van der Waals surface area contributed by atoms with Gasteiger partial charge in [-0.2, -0.15) is 0 Å². The summed E-state index contributed by atoms with van der Waals surface area (Å²) in [6.07, 6.45) is 0. The Kier molecular flexibility index (Phi) is 8.22. The van der Waals surface area contributed by atoms with Gasteiger partial charge in [0.15, 0.2) is 5.16 Å². The Morgan fingerprint density at radius 2 is 2.00 bits per heavy atom. The Bertz CT molecular complexity index is 1030. The van der Waals surface area contributed by atoms with Gasteiger partial charge < -0.3 is 15.4 Å². The number of rotatable bonds is 6. The standard InChI is InChI=1S/C17H15N3O4S2.K/c1-9-12-14(22)19-17(20-15(12)26-13(9)16(23)24)25-8-11(21)18-7-10-5-3-2-4-6-10;/h2-6H,7-8H2,1H3,(H,18,21)(H,23,24)(H,19,20,22);/q;+1. The molecule has 0 unspecified atom stereocenters. The zero-order valence-corrected chi connectivity index (χ0v) is 19.5. The SMILES string of the molecule is Cc1c(C(=O)O)sc2nc(SCC(=O)NCc3ccccc3)[nH]c(=O)c12.[K+]. The van der Waals surface area contributed by atoms with Crippen molar-refractivity contribution in [2.45, 2.75) is 18.6 Å². The van der Waals surface area contributed by atoms with E-state index in [1.54, 1.807) is 6.92 Å². The summed E-state index contributed by atoms with van der Waals surface area (Å²) in [6, 6.07) is 9.53. The molecule has 27 heavy (non-hydrogen) atoms. The minimum absolute atomic E-state index is 0. The summed E-state index contributed by atoms with van der Waals surface area (Å²) < 4.78 is 0. The fraction of sp³-hybridized carbons (Fsp3) is 0.176. The summed E-state index contributed by atoms with van der Waals surface area (Å²) in [5, 5.41) is 12.5. The van der Waals surface area contributed by atoms with Crippen molar-refractivity contribution in [3.05, 3.63) is 56.7 Å². The number of hydrogen-bond donors (Lipinski definition) is 3. The fourth-order valence-electron chi connectivity index (χ4n) is 2.38. The van der Waals surface area contributed by atoms with Crippen LogP contribution in [0.2, 0.25) is 0 Å². The van der Waals surface area contributed by atoms with Crippen LogP contribution in [0.15, 0.2) is 40.3 Å². The van der Waals surface area contributed by atoms with Crippen molar-refractivity contribution in [2.75, 3.05) is 5.75 Å². The summed E-state index contributed by atoms with van der Waals surface area (Å²) >= 11 is 2.05. The van der Waals surface area contributed by atoms with E-state index in [4.69, 9.17) is 5.11 Å². The van der Waals surface area contributed by atoms with E-state index in [9.17, 15) is 14.4 Å². The number of carbonyl (C=O) groups is 2. The molecule has 1 amide bonds. The Morgan fingerprint density at radius 3 is 2.67 bits per heavy atom. The van der Waals surface area contributed by atoms with Crippen LogP contribution in [0.3, 0.4) is 0 Å². The predicted molar refractivity (Wildman–Crippen MR) is 101 cm³/mol. The van der Waals surface area contributed by atoms with E-state index in [0.717, 1.165) is 28.7 Å². The van der Waals surface area contributed by atoms with Gasteiger partial charge in [-0.05, 0) is 18.1 Å². The molecule has 0 saturated heterocycles. The Morgan fingerprint density at radius 1 is 1.30 bits per heavy atom. The van der Waals surface area contributed by atoms with Crippen molar-refractivity contribution in [1.29, 1.82) is 0 Å². The van der Waals surface area contributed by atoms with Gasteiger partial charge in [0.05, 0.1) is 11.1 Å². The number of aromatic amines is 1. The summed E-state index contributed by atoms with van der Waals surface area (Å²) in [5.74, 6) is -1.17. The number of carboxylic acids is 1. The second kappa shape index (κ2) is 9.96. The fourth-order valence-corrected chi connectivity index (χ4v) is 4.15. The third kappa shape index (κ3) is 5.50. The van der Waals surface area contributed by atoms with Gasteiger partial charge in [-0.1, -0.05) is 42.1 Å². The van der Waals surface area contributed by atoms with Crippen molar-refractivity contribution in [1.82, 2.24) is 15.3 Å². The number of carbonyl (C=O) groups excluding carboxylic acids is 1. The Hall–Kier alpha value is -1.01. The average molecular weight is 429 g/mol. The van der Waals surface area contributed by atoms with Crippen LogP contribution in [0.1, 0.15) is 20.8 Å². The summed E-state index contributed by atoms with van der Waals surface area (Å²) in [5.41, 5.74) is 1.00. The molecule has 0 spiro atoms. The molecular weight excluding hydrogens is 413 g/mol. The van der Waals surface area contributed by atoms with Crippen LogP contribution >= 0.6 is 23.1 Å². The molecule has 2 aromatic heterocycles. The number of aromatic carboxylic acids is 1. The van der Waals surface area contributed by atoms with Crippen LogP contribution in [-0.4, -0.2) is 32.7 Å². The molecule has 0 aliphatic carbocycles. The number of thiophene rings is 1.